The van der Waals surface area contributed by atoms with Crippen molar-refractivity contribution in [3.05, 3.63) is 11.8 Å². The lowest BCUT2D eigenvalue weighted by molar-refractivity contribution is -0.304. The van der Waals surface area contributed by atoms with E-state index >= 15 is 0 Å². The van der Waals surface area contributed by atoms with Crippen LogP contribution in [-0.2, 0) is 4.79 Å². The van der Waals surface area contributed by atoms with Gasteiger partial charge in [-0.2, -0.15) is 0 Å². The Hall–Kier alpha value is -0.950. The first-order chi connectivity index (χ1) is 12.3. The van der Waals surface area contributed by atoms with E-state index in [1.807, 2.05) is 20.8 Å². The summed E-state index contributed by atoms with van der Waals surface area (Å²) in [4.78, 5) is 13.5. The molecule has 0 aromatic heterocycles. The van der Waals surface area contributed by atoms with Gasteiger partial charge in [0.2, 0.25) is 0 Å². The van der Waals surface area contributed by atoms with Crippen molar-refractivity contribution >= 4 is 5.78 Å². The monoisotopic (exact) mass is 382 g/mol. The second-order valence-electron chi connectivity index (χ2n) is 9.91. The summed E-state index contributed by atoms with van der Waals surface area (Å²) in [6, 6.07) is 0. The predicted octanol–water partition coefficient (Wildman–Crippen LogP) is 1.56. The first-order valence-electron chi connectivity index (χ1n) is 10.0. The van der Waals surface area contributed by atoms with E-state index in [1.54, 1.807) is 6.92 Å². The molecule has 4 aliphatic rings. The molecule has 5 N–H and O–H groups in total. The number of ketones is 1. The molecule has 4 fully saturated rings. The van der Waals surface area contributed by atoms with Crippen LogP contribution >= 0.6 is 0 Å². The van der Waals surface area contributed by atoms with Gasteiger partial charge in [0, 0.05) is 23.9 Å². The molecule has 0 aromatic rings. The smallest absolute Gasteiger partial charge is 0.171 e. The van der Waals surface area contributed by atoms with E-state index in [-0.39, 0.29) is 42.1 Å². The highest BCUT2D eigenvalue weighted by molar-refractivity contribution is 6.04. The number of Topliss-reactive ketones (excluding diaryl/α,β-unsaturated/α-hetero) is 1. The Bertz CT molecular complexity index is 664. The maximum absolute atomic E-state index is 13.5. The third-order valence-electron chi connectivity index (χ3n) is 8.22. The van der Waals surface area contributed by atoms with Gasteiger partial charge in [0.15, 0.2) is 5.78 Å². The van der Waals surface area contributed by atoms with Gasteiger partial charge in [-0.15, -0.1) is 0 Å². The molecule has 0 amide bonds. The van der Waals surface area contributed by atoms with E-state index in [2.05, 4.69) is 0 Å². The van der Waals surface area contributed by atoms with E-state index < -0.39 is 34.1 Å². The summed E-state index contributed by atoms with van der Waals surface area (Å²) in [6.45, 7) is 8.70. The van der Waals surface area contributed by atoms with Gasteiger partial charge in [0.25, 0.3) is 0 Å². The van der Waals surface area contributed by atoms with Crippen molar-refractivity contribution in [2.24, 2.45) is 35.0 Å². The molecule has 6 nitrogen and oxygen atoms in total. The van der Waals surface area contributed by atoms with Crippen molar-refractivity contribution in [2.75, 3.05) is 6.61 Å². The van der Waals surface area contributed by atoms with Crippen LogP contribution in [0.25, 0.3) is 0 Å². The summed E-state index contributed by atoms with van der Waals surface area (Å²) < 4.78 is 0. The van der Waals surface area contributed by atoms with E-state index in [0.717, 1.165) is 0 Å². The summed E-state index contributed by atoms with van der Waals surface area (Å²) in [5, 5.41) is 54.1. The van der Waals surface area contributed by atoms with E-state index in [4.69, 9.17) is 0 Å². The zero-order chi connectivity index (χ0) is 20.6. The number of carbonyl (C=O) groups is 1. The third-order valence-corrected chi connectivity index (χ3v) is 8.22. The summed E-state index contributed by atoms with van der Waals surface area (Å²) in [5.41, 5.74) is -5.97. The number of aliphatic hydroxyl groups is 5. The largest absolute Gasteiger partial charge is 0.515 e. The van der Waals surface area contributed by atoms with Gasteiger partial charge in [0.05, 0.1) is 23.0 Å². The fraction of sp³-hybridized carbons (Fsp3) is 0.857. The lowest BCUT2D eigenvalue weighted by Crippen LogP contribution is -2.82. The molecule has 4 saturated carbocycles. The molecule has 9 atom stereocenters. The second-order valence-corrected chi connectivity index (χ2v) is 9.91. The zero-order valence-electron chi connectivity index (χ0n) is 16.9. The SMILES string of the molecule is CC[C@@H](CO)[C@@H]1[C@]2(C)C(=O)/C(=C\O)[C@@](O)([C@H]3C[C@](C)(O)C[C@@H](C)[C@@H]32)[C@@]1(C)O. The lowest BCUT2D eigenvalue weighted by atomic mass is 9.33. The first kappa shape index (κ1) is 20.8. The van der Waals surface area contributed by atoms with Crippen molar-refractivity contribution in [1.82, 2.24) is 0 Å². The maximum atomic E-state index is 13.5. The minimum absolute atomic E-state index is 0.0609. The highest BCUT2D eigenvalue weighted by atomic mass is 16.4. The molecular weight excluding hydrogens is 348 g/mol. The summed E-state index contributed by atoms with van der Waals surface area (Å²) >= 11 is 0. The topological polar surface area (TPSA) is 118 Å². The quantitative estimate of drug-likeness (QED) is 0.373. The van der Waals surface area contributed by atoms with E-state index in [1.165, 1.54) is 6.92 Å². The highest BCUT2D eigenvalue weighted by Crippen LogP contribution is 2.71. The van der Waals surface area contributed by atoms with Crippen LogP contribution in [0.3, 0.4) is 0 Å². The van der Waals surface area contributed by atoms with Crippen molar-refractivity contribution in [2.45, 2.75) is 70.7 Å². The summed E-state index contributed by atoms with van der Waals surface area (Å²) in [7, 11) is 0. The van der Waals surface area contributed by atoms with Crippen LogP contribution in [0.2, 0.25) is 0 Å². The van der Waals surface area contributed by atoms with Gasteiger partial charge in [-0.3, -0.25) is 4.79 Å². The standard InChI is InChI=1S/C21H34O6/c1-6-12(9-22)16-19(4)15-11(2)7-18(3,25)8-13(15)21(27,20(16,5)26)14(10-23)17(19)24/h10-13,15-16,22-23,25-27H,6-9H2,1-5H3/b14-10+/t11-,12+,13+,15+,16-,18-,19-,20+,21+/m1/s1. The van der Waals surface area contributed by atoms with Crippen molar-refractivity contribution < 1.29 is 30.3 Å². The Kier molecular flexibility index (Phi) is 4.63. The van der Waals surface area contributed by atoms with Crippen molar-refractivity contribution in [3.8, 4) is 0 Å². The van der Waals surface area contributed by atoms with Crippen LogP contribution in [0.1, 0.15) is 53.9 Å². The van der Waals surface area contributed by atoms with E-state index in [9.17, 15) is 30.3 Å². The second kappa shape index (κ2) is 6.02. The van der Waals surface area contributed by atoms with Crippen molar-refractivity contribution in [1.29, 1.82) is 0 Å². The Morgan fingerprint density at radius 2 is 1.78 bits per heavy atom. The molecule has 0 aromatic carbocycles. The molecule has 2 bridgehead atoms. The number of aliphatic hydroxyl groups excluding tert-OH is 2. The van der Waals surface area contributed by atoms with Crippen LogP contribution in [0.4, 0.5) is 0 Å². The van der Waals surface area contributed by atoms with Gasteiger partial charge < -0.3 is 25.5 Å². The lowest BCUT2D eigenvalue weighted by Gasteiger charge is -2.72. The predicted molar refractivity (Wildman–Crippen MR) is 99.8 cm³/mol. The Morgan fingerprint density at radius 1 is 1.19 bits per heavy atom. The molecule has 4 aliphatic carbocycles. The van der Waals surface area contributed by atoms with Gasteiger partial charge >= 0.3 is 0 Å². The fourth-order valence-electron chi connectivity index (χ4n) is 7.53. The number of fused-ring (bicyclic) bond motifs is 2. The summed E-state index contributed by atoms with van der Waals surface area (Å²) in [6.07, 6.45) is 1.92. The normalized spacial score (nSPS) is 54.9. The maximum Gasteiger partial charge on any atom is 0.171 e. The van der Waals surface area contributed by atoms with Gasteiger partial charge in [-0.1, -0.05) is 27.2 Å². The first-order valence-corrected chi connectivity index (χ1v) is 10.0. The fourth-order valence-corrected chi connectivity index (χ4v) is 7.53. The molecule has 4 rings (SSSR count). The van der Waals surface area contributed by atoms with Gasteiger partial charge in [0.1, 0.15) is 5.60 Å². The number of hydrogen-bond donors (Lipinski definition) is 5. The molecule has 0 heterocycles. The van der Waals surface area contributed by atoms with Crippen LogP contribution < -0.4 is 0 Å². The zero-order valence-corrected chi connectivity index (χ0v) is 16.9. The molecule has 27 heavy (non-hydrogen) atoms. The third kappa shape index (κ3) is 2.30. The Balaban J connectivity index is 2.32. The number of hydrogen-bond acceptors (Lipinski definition) is 6. The Morgan fingerprint density at radius 3 is 2.26 bits per heavy atom. The van der Waals surface area contributed by atoms with Crippen molar-refractivity contribution in [3.63, 3.8) is 0 Å². The van der Waals surface area contributed by atoms with E-state index in [0.29, 0.717) is 19.1 Å². The molecule has 6 heteroatoms. The number of carbonyl (C=O) groups excluding carboxylic acids is 1. The molecule has 0 aliphatic heterocycles. The molecule has 0 spiro atoms. The Labute approximate surface area is 160 Å². The molecule has 154 valence electrons. The minimum Gasteiger partial charge on any atom is -0.515 e. The average molecular weight is 382 g/mol. The van der Waals surface area contributed by atoms with Gasteiger partial charge in [-0.05, 0) is 44.4 Å². The average Bonchev–Trinajstić information content (AvgIpc) is 2.55. The van der Waals surface area contributed by atoms with Crippen LogP contribution in [0.15, 0.2) is 11.8 Å². The number of rotatable bonds is 3. The van der Waals surface area contributed by atoms with Crippen LogP contribution in [0.5, 0.6) is 0 Å². The van der Waals surface area contributed by atoms with Crippen LogP contribution in [-0.4, -0.2) is 54.7 Å². The molecular formula is C21H34O6. The molecule has 0 saturated heterocycles. The van der Waals surface area contributed by atoms with Crippen LogP contribution in [0, 0.1) is 35.0 Å². The molecule has 0 unspecified atom stereocenters. The summed E-state index contributed by atoms with van der Waals surface area (Å²) in [5.74, 6) is -2.27. The highest BCUT2D eigenvalue weighted by Gasteiger charge is 2.79. The van der Waals surface area contributed by atoms with Gasteiger partial charge in [-0.25, -0.2) is 0 Å². The minimum atomic E-state index is -1.98. The molecule has 0 radical (unpaired) electrons.